The van der Waals surface area contributed by atoms with Crippen molar-refractivity contribution in [1.29, 1.82) is 0 Å². The highest BCUT2D eigenvalue weighted by molar-refractivity contribution is 7.92. The van der Waals surface area contributed by atoms with Crippen molar-refractivity contribution in [2.45, 2.75) is 26.3 Å². The molecule has 0 heterocycles. The minimum absolute atomic E-state index is 0.141. The fourth-order valence-corrected chi connectivity index (χ4v) is 3.44. The molecule has 1 amide bonds. The van der Waals surface area contributed by atoms with E-state index < -0.39 is 15.8 Å². The van der Waals surface area contributed by atoms with Crippen molar-refractivity contribution in [2.75, 3.05) is 17.1 Å². The molecule has 0 saturated carbocycles. The average molecular weight is 378 g/mol. The number of carbonyl (C=O) groups excluding carboxylic acids is 1. The van der Waals surface area contributed by atoms with E-state index in [-0.39, 0.29) is 18.9 Å². The summed E-state index contributed by atoms with van der Waals surface area (Å²) < 4.78 is 38.1. The molecule has 0 aliphatic carbocycles. The van der Waals surface area contributed by atoms with Crippen LogP contribution in [0.4, 0.5) is 10.1 Å². The van der Waals surface area contributed by atoms with E-state index in [1.54, 1.807) is 0 Å². The number of carbonyl (C=O) groups is 1. The predicted octanol–water partition coefficient (Wildman–Crippen LogP) is 3.00. The maximum Gasteiger partial charge on any atom is 0.232 e. The van der Waals surface area contributed by atoms with Gasteiger partial charge in [0.2, 0.25) is 15.9 Å². The van der Waals surface area contributed by atoms with Gasteiger partial charge in [-0.3, -0.25) is 9.10 Å². The Morgan fingerprint density at radius 3 is 2.27 bits per heavy atom. The number of rotatable bonds is 8. The van der Waals surface area contributed by atoms with Crippen LogP contribution in [0.1, 0.15) is 24.0 Å². The van der Waals surface area contributed by atoms with Crippen molar-refractivity contribution in [1.82, 2.24) is 5.32 Å². The molecule has 0 aromatic heterocycles. The molecular formula is C19H23FN2O3S. The van der Waals surface area contributed by atoms with Crippen molar-refractivity contribution < 1.29 is 17.6 Å². The van der Waals surface area contributed by atoms with E-state index in [4.69, 9.17) is 0 Å². The third kappa shape index (κ3) is 6.15. The van der Waals surface area contributed by atoms with Crippen molar-refractivity contribution in [2.24, 2.45) is 0 Å². The van der Waals surface area contributed by atoms with Crippen LogP contribution in [0.25, 0.3) is 0 Å². The number of nitrogens with one attached hydrogen (secondary N) is 1. The van der Waals surface area contributed by atoms with Gasteiger partial charge in [-0.2, -0.15) is 0 Å². The van der Waals surface area contributed by atoms with Gasteiger partial charge in [0.25, 0.3) is 0 Å². The van der Waals surface area contributed by atoms with E-state index in [0.717, 1.165) is 17.4 Å². The first-order valence-electron chi connectivity index (χ1n) is 8.31. The summed E-state index contributed by atoms with van der Waals surface area (Å²) in [6.45, 7) is 2.59. The second kappa shape index (κ2) is 8.80. The van der Waals surface area contributed by atoms with Gasteiger partial charge in [-0.1, -0.05) is 29.8 Å². The van der Waals surface area contributed by atoms with Crippen LogP contribution < -0.4 is 9.62 Å². The topological polar surface area (TPSA) is 66.5 Å². The Hall–Kier alpha value is -2.41. The molecule has 140 valence electrons. The molecule has 26 heavy (non-hydrogen) atoms. The van der Waals surface area contributed by atoms with E-state index >= 15 is 0 Å². The molecule has 0 fully saturated rings. The van der Waals surface area contributed by atoms with Crippen molar-refractivity contribution >= 4 is 21.6 Å². The molecule has 0 aliphatic heterocycles. The number of halogens is 1. The van der Waals surface area contributed by atoms with Crippen LogP contribution in [0.15, 0.2) is 48.5 Å². The average Bonchev–Trinajstić information content (AvgIpc) is 2.58. The lowest BCUT2D eigenvalue weighted by molar-refractivity contribution is -0.121. The largest absolute Gasteiger partial charge is 0.352 e. The molecule has 0 aliphatic rings. The van der Waals surface area contributed by atoms with Gasteiger partial charge in [0.15, 0.2) is 0 Å². The van der Waals surface area contributed by atoms with Crippen LogP contribution in [-0.2, 0) is 21.4 Å². The number of sulfonamides is 1. The van der Waals surface area contributed by atoms with Gasteiger partial charge in [0.05, 0.1) is 11.9 Å². The van der Waals surface area contributed by atoms with Crippen LogP contribution in [-0.4, -0.2) is 27.1 Å². The minimum Gasteiger partial charge on any atom is -0.352 e. The Labute approximate surface area is 153 Å². The summed E-state index contributed by atoms with van der Waals surface area (Å²) in [7, 11) is -3.51. The number of aryl methyl sites for hydroxylation is 1. The molecule has 0 spiro atoms. The van der Waals surface area contributed by atoms with Gasteiger partial charge < -0.3 is 5.32 Å². The second-order valence-electron chi connectivity index (χ2n) is 6.18. The fraction of sp³-hybridized carbons (Fsp3) is 0.316. The number of anilines is 1. The molecule has 2 aromatic carbocycles. The number of benzene rings is 2. The van der Waals surface area contributed by atoms with Crippen LogP contribution in [0.2, 0.25) is 0 Å². The molecule has 5 nitrogen and oxygen atoms in total. The van der Waals surface area contributed by atoms with Gasteiger partial charge in [-0.05, 0) is 43.2 Å². The smallest absolute Gasteiger partial charge is 0.232 e. The lowest BCUT2D eigenvalue weighted by Crippen LogP contribution is -2.32. The zero-order valence-corrected chi connectivity index (χ0v) is 15.7. The third-order valence-electron chi connectivity index (χ3n) is 3.89. The van der Waals surface area contributed by atoms with Crippen molar-refractivity contribution in [3.05, 3.63) is 65.5 Å². The standard InChI is InChI=1S/C19H23FN2O3S/c1-15-5-7-16(8-6-15)14-21-19(23)4-3-13-22(26(2,24)25)18-11-9-17(20)10-12-18/h5-12H,3-4,13-14H2,1-2H3,(H,21,23). The lowest BCUT2D eigenvalue weighted by atomic mass is 10.1. The zero-order chi connectivity index (χ0) is 19.2. The van der Waals surface area contributed by atoms with Gasteiger partial charge >= 0.3 is 0 Å². The number of nitrogens with zero attached hydrogens (tertiary/aromatic N) is 1. The molecular weight excluding hydrogens is 355 g/mol. The van der Waals surface area contributed by atoms with Gasteiger partial charge in [-0.25, -0.2) is 12.8 Å². The van der Waals surface area contributed by atoms with Crippen molar-refractivity contribution in [3.8, 4) is 0 Å². The summed E-state index contributed by atoms with van der Waals surface area (Å²) in [5.41, 5.74) is 2.55. The zero-order valence-electron chi connectivity index (χ0n) is 14.9. The van der Waals surface area contributed by atoms with Gasteiger partial charge in [0.1, 0.15) is 5.82 Å². The monoisotopic (exact) mass is 378 g/mol. The lowest BCUT2D eigenvalue weighted by Gasteiger charge is -2.22. The first kappa shape index (κ1) is 19.9. The minimum atomic E-state index is -3.51. The summed E-state index contributed by atoms with van der Waals surface area (Å²) in [6, 6.07) is 13.1. The maximum atomic E-state index is 13.0. The Kier molecular flexibility index (Phi) is 6.74. The third-order valence-corrected chi connectivity index (χ3v) is 5.08. The van der Waals surface area contributed by atoms with Crippen molar-refractivity contribution in [3.63, 3.8) is 0 Å². The Morgan fingerprint density at radius 1 is 1.08 bits per heavy atom. The Morgan fingerprint density at radius 2 is 1.69 bits per heavy atom. The van der Waals surface area contributed by atoms with Gasteiger partial charge in [0, 0.05) is 19.5 Å². The SMILES string of the molecule is Cc1ccc(CNC(=O)CCCN(c2ccc(F)cc2)S(C)(=O)=O)cc1. The van der Waals surface area contributed by atoms with Crippen LogP contribution in [0.3, 0.4) is 0 Å². The number of amides is 1. The molecule has 2 rings (SSSR count). The molecule has 0 radical (unpaired) electrons. The molecule has 0 atom stereocenters. The first-order valence-corrected chi connectivity index (χ1v) is 10.2. The summed E-state index contributed by atoms with van der Waals surface area (Å²) >= 11 is 0. The molecule has 0 bridgehead atoms. The molecule has 2 aromatic rings. The Balaban J connectivity index is 1.85. The highest BCUT2D eigenvalue weighted by Crippen LogP contribution is 2.18. The summed E-state index contributed by atoms with van der Waals surface area (Å²) in [4.78, 5) is 12.0. The summed E-state index contributed by atoms with van der Waals surface area (Å²) in [5.74, 6) is -0.573. The quantitative estimate of drug-likeness (QED) is 0.768. The molecule has 0 saturated heterocycles. The Bertz CT molecular complexity index is 834. The highest BCUT2D eigenvalue weighted by atomic mass is 32.2. The van der Waals surface area contributed by atoms with Crippen LogP contribution >= 0.6 is 0 Å². The highest BCUT2D eigenvalue weighted by Gasteiger charge is 2.17. The van der Waals surface area contributed by atoms with Crippen LogP contribution in [0, 0.1) is 12.7 Å². The van der Waals surface area contributed by atoms with E-state index in [1.807, 2.05) is 31.2 Å². The number of hydrogen-bond acceptors (Lipinski definition) is 3. The fourth-order valence-electron chi connectivity index (χ4n) is 2.47. The van der Waals surface area contributed by atoms with Crippen LogP contribution in [0.5, 0.6) is 0 Å². The molecule has 1 N–H and O–H groups in total. The first-order chi connectivity index (χ1) is 12.3. The van der Waals surface area contributed by atoms with E-state index in [1.165, 1.54) is 28.6 Å². The molecule has 7 heteroatoms. The maximum absolute atomic E-state index is 13.0. The summed E-state index contributed by atoms with van der Waals surface area (Å²) in [6.07, 6.45) is 1.66. The summed E-state index contributed by atoms with van der Waals surface area (Å²) in [5, 5.41) is 2.82. The van der Waals surface area contributed by atoms with E-state index in [9.17, 15) is 17.6 Å². The molecule has 0 unspecified atom stereocenters. The van der Waals surface area contributed by atoms with Gasteiger partial charge in [-0.15, -0.1) is 0 Å². The van der Waals surface area contributed by atoms with E-state index in [0.29, 0.717) is 18.7 Å². The normalized spacial score (nSPS) is 11.2. The predicted molar refractivity (Wildman–Crippen MR) is 101 cm³/mol. The number of hydrogen-bond donors (Lipinski definition) is 1. The van der Waals surface area contributed by atoms with E-state index in [2.05, 4.69) is 5.32 Å². The second-order valence-corrected chi connectivity index (χ2v) is 8.08.